The second kappa shape index (κ2) is 7.57. The first-order valence-electron chi connectivity index (χ1n) is 7.95. The van der Waals surface area contributed by atoms with E-state index in [4.69, 9.17) is 5.84 Å². The Morgan fingerprint density at radius 3 is 2.92 bits per heavy atom. The third-order valence-corrected chi connectivity index (χ3v) is 5.85. The van der Waals surface area contributed by atoms with Gasteiger partial charge in [-0.15, -0.1) is 10.2 Å². The van der Waals surface area contributed by atoms with Crippen LogP contribution in [0.25, 0.3) is 11.4 Å². The van der Waals surface area contributed by atoms with Crippen LogP contribution in [0.1, 0.15) is 26.2 Å². The predicted octanol–water partition coefficient (Wildman–Crippen LogP) is 2.91. The van der Waals surface area contributed by atoms with Crippen molar-refractivity contribution >= 4 is 33.6 Å². The van der Waals surface area contributed by atoms with Gasteiger partial charge in [0.15, 0.2) is 5.82 Å². The number of thioether (sulfide) groups is 1. The molecule has 1 aliphatic rings. The highest BCUT2D eigenvalue weighted by molar-refractivity contribution is 9.10. The van der Waals surface area contributed by atoms with Crippen molar-refractivity contribution in [3.8, 4) is 11.4 Å². The Morgan fingerprint density at radius 1 is 1.38 bits per heavy atom. The fourth-order valence-corrected chi connectivity index (χ4v) is 4.08. The average Bonchev–Trinajstić information content (AvgIpc) is 2.94. The lowest BCUT2D eigenvalue weighted by molar-refractivity contribution is -0.131. The van der Waals surface area contributed by atoms with Gasteiger partial charge in [-0.25, -0.2) is 4.68 Å². The molecule has 1 atom stereocenters. The van der Waals surface area contributed by atoms with E-state index in [1.165, 1.54) is 22.9 Å². The topological polar surface area (TPSA) is 77.0 Å². The second-order valence-corrected chi connectivity index (χ2v) is 7.67. The van der Waals surface area contributed by atoms with Gasteiger partial charge in [-0.05, 0) is 38.3 Å². The molecule has 2 aromatic rings. The van der Waals surface area contributed by atoms with Crippen molar-refractivity contribution in [1.82, 2.24) is 19.8 Å². The van der Waals surface area contributed by atoms with Gasteiger partial charge in [0.25, 0.3) is 0 Å². The smallest absolute Gasteiger partial charge is 0.233 e. The second-order valence-electron chi connectivity index (χ2n) is 5.88. The summed E-state index contributed by atoms with van der Waals surface area (Å²) in [6.07, 6.45) is 3.36. The van der Waals surface area contributed by atoms with Crippen LogP contribution in [-0.4, -0.2) is 44.0 Å². The zero-order valence-corrected chi connectivity index (χ0v) is 15.9. The molecular formula is C16H20BrN5OS. The summed E-state index contributed by atoms with van der Waals surface area (Å²) < 4.78 is 2.34. The van der Waals surface area contributed by atoms with Crippen molar-refractivity contribution in [3.05, 3.63) is 28.7 Å². The standard InChI is InChI=1S/C16H20BrN5OS/c1-11-6-4-5-9-21(11)14(23)10-24-16-20-19-15(22(16)18)12-7-2-3-8-13(12)17/h2-3,7-8,11H,4-6,9-10,18H2,1H3/t11-/m0/s1. The minimum atomic E-state index is 0.137. The van der Waals surface area contributed by atoms with E-state index in [-0.39, 0.29) is 5.91 Å². The molecule has 1 amide bonds. The summed E-state index contributed by atoms with van der Waals surface area (Å²) in [5.41, 5.74) is 0.871. The first-order valence-corrected chi connectivity index (χ1v) is 9.73. The van der Waals surface area contributed by atoms with Crippen LogP contribution >= 0.6 is 27.7 Å². The molecule has 3 rings (SSSR count). The van der Waals surface area contributed by atoms with Gasteiger partial charge < -0.3 is 10.7 Å². The molecule has 0 unspecified atom stereocenters. The summed E-state index contributed by atoms with van der Waals surface area (Å²) in [6.45, 7) is 2.95. The summed E-state index contributed by atoms with van der Waals surface area (Å²) >= 11 is 4.82. The molecule has 128 valence electrons. The predicted molar refractivity (Wildman–Crippen MR) is 99.1 cm³/mol. The number of aromatic nitrogens is 3. The molecular weight excluding hydrogens is 390 g/mol. The molecule has 1 fully saturated rings. The van der Waals surface area contributed by atoms with Gasteiger partial charge in [0.05, 0.1) is 5.75 Å². The normalized spacial score (nSPS) is 17.9. The van der Waals surface area contributed by atoms with E-state index >= 15 is 0 Å². The Labute approximate surface area is 153 Å². The zero-order chi connectivity index (χ0) is 17.1. The summed E-state index contributed by atoms with van der Waals surface area (Å²) in [6, 6.07) is 8.02. The Kier molecular flexibility index (Phi) is 5.45. The molecule has 0 bridgehead atoms. The highest BCUT2D eigenvalue weighted by Gasteiger charge is 2.24. The van der Waals surface area contributed by atoms with Crippen molar-refractivity contribution < 1.29 is 4.79 Å². The maximum absolute atomic E-state index is 12.4. The highest BCUT2D eigenvalue weighted by atomic mass is 79.9. The maximum Gasteiger partial charge on any atom is 0.233 e. The Bertz CT molecular complexity index is 735. The minimum absolute atomic E-state index is 0.137. The number of rotatable bonds is 4. The van der Waals surface area contributed by atoms with Crippen LogP contribution in [0, 0.1) is 0 Å². The summed E-state index contributed by atoms with van der Waals surface area (Å²) in [5.74, 6) is 7.16. The first-order chi connectivity index (χ1) is 11.6. The number of carbonyl (C=O) groups excluding carboxylic acids is 1. The van der Waals surface area contributed by atoms with Gasteiger partial charge >= 0.3 is 0 Å². The van der Waals surface area contributed by atoms with Crippen LogP contribution < -0.4 is 5.84 Å². The number of carbonyl (C=O) groups is 1. The fourth-order valence-electron chi connectivity index (χ4n) is 2.88. The first kappa shape index (κ1) is 17.3. The van der Waals surface area contributed by atoms with Crippen molar-refractivity contribution in [1.29, 1.82) is 0 Å². The van der Waals surface area contributed by atoms with E-state index in [1.54, 1.807) is 0 Å². The van der Waals surface area contributed by atoms with Crippen LogP contribution in [0.15, 0.2) is 33.9 Å². The van der Waals surface area contributed by atoms with E-state index in [1.807, 2.05) is 29.2 Å². The number of nitrogens with two attached hydrogens (primary N) is 1. The van der Waals surface area contributed by atoms with Crippen LogP contribution in [0.4, 0.5) is 0 Å². The number of nitrogen functional groups attached to an aromatic ring is 1. The molecule has 1 saturated heterocycles. The lowest BCUT2D eigenvalue weighted by atomic mass is 10.0. The van der Waals surface area contributed by atoms with Crippen LogP contribution in [-0.2, 0) is 4.79 Å². The van der Waals surface area contributed by atoms with E-state index < -0.39 is 0 Å². The number of hydrogen-bond donors (Lipinski definition) is 1. The van der Waals surface area contributed by atoms with Crippen molar-refractivity contribution in [2.75, 3.05) is 18.1 Å². The number of hydrogen-bond acceptors (Lipinski definition) is 5. The average molecular weight is 410 g/mol. The molecule has 1 aromatic carbocycles. The highest BCUT2D eigenvalue weighted by Crippen LogP contribution is 2.28. The maximum atomic E-state index is 12.4. The van der Waals surface area contributed by atoms with Gasteiger partial charge in [0, 0.05) is 22.6 Å². The van der Waals surface area contributed by atoms with E-state index in [2.05, 4.69) is 33.1 Å². The SMILES string of the molecule is C[C@H]1CCCCN1C(=O)CSc1nnc(-c2ccccc2Br)n1N. The Hall–Kier alpha value is -1.54. The van der Waals surface area contributed by atoms with E-state index in [0.29, 0.717) is 22.8 Å². The number of nitrogens with zero attached hydrogens (tertiary/aromatic N) is 4. The lowest BCUT2D eigenvalue weighted by Crippen LogP contribution is -2.43. The van der Waals surface area contributed by atoms with Gasteiger partial charge in [0.2, 0.25) is 11.1 Å². The van der Waals surface area contributed by atoms with Crippen molar-refractivity contribution in [3.63, 3.8) is 0 Å². The third kappa shape index (κ3) is 3.59. The van der Waals surface area contributed by atoms with Gasteiger partial charge in [0.1, 0.15) is 0 Å². The molecule has 2 heterocycles. The quantitative estimate of drug-likeness (QED) is 0.620. The molecule has 6 nitrogen and oxygen atoms in total. The monoisotopic (exact) mass is 409 g/mol. The van der Waals surface area contributed by atoms with Crippen molar-refractivity contribution in [2.24, 2.45) is 0 Å². The van der Waals surface area contributed by atoms with Gasteiger partial charge in [-0.1, -0.05) is 39.8 Å². The summed E-state index contributed by atoms with van der Waals surface area (Å²) in [7, 11) is 0. The van der Waals surface area contributed by atoms with Crippen molar-refractivity contribution in [2.45, 2.75) is 37.4 Å². The number of piperidine rings is 1. The molecule has 0 radical (unpaired) electrons. The molecule has 0 saturated carbocycles. The van der Waals surface area contributed by atoms with Crippen LogP contribution in [0.5, 0.6) is 0 Å². The van der Waals surface area contributed by atoms with E-state index in [9.17, 15) is 4.79 Å². The van der Waals surface area contributed by atoms with Gasteiger partial charge in [-0.2, -0.15) is 0 Å². The largest absolute Gasteiger partial charge is 0.339 e. The summed E-state index contributed by atoms with van der Waals surface area (Å²) in [4.78, 5) is 14.4. The van der Waals surface area contributed by atoms with Crippen LogP contribution in [0.3, 0.4) is 0 Å². The Balaban J connectivity index is 1.69. The van der Waals surface area contributed by atoms with Crippen LogP contribution in [0.2, 0.25) is 0 Å². The molecule has 0 spiro atoms. The lowest BCUT2D eigenvalue weighted by Gasteiger charge is -2.33. The molecule has 24 heavy (non-hydrogen) atoms. The molecule has 1 aromatic heterocycles. The number of likely N-dealkylation sites (tertiary alicyclic amines) is 1. The molecule has 1 aliphatic heterocycles. The third-order valence-electron chi connectivity index (χ3n) is 4.23. The van der Waals surface area contributed by atoms with E-state index in [0.717, 1.165) is 29.4 Å². The molecule has 2 N–H and O–H groups in total. The fraction of sp³-hybridized carbons (Fsp3) is 0.438. The number of benzene rings is 1. The number of amides is 1. The summed E-state index contributed by atoms with van der Waals surface area (Å²) in [5, 5.41) is 8.83. The zero-order valence-electron chi connectivity index (χ0n) is 13.5. The molecule has 0 aliphatic carbocycles. The van der Waals surface area contributed by atoms with Gasteiger partial charge in [-0.3, -0.25) is 4.79 Å². The number of halogens is 1. The molecule has 8 heteroatoms. The Morgan fingerprint density at radius 2 is 2.17 bits per heavy atom. The minimum Gasteiger partial charge on any atom is -0.339 e.